The molecule has 23 heavy (non-hydrogen) atoms. The van der Waals surface area contributed by atoms with Crippen LogP contribution in [0.3, 0.4) is 0 Å². The number of thioether (sulfide) groups is 1. The molecule has 5 nitrogen and oxygen atoms in total. The molecule has 0 aliphatic rings. The molecule has 0 saturated carbocycles. The van der Waals surface area contributed by atoms with Crippen molar-refractivity contribution in [2.45, 2.75) is 31.9 Å². The third-order valence-corrected chi connectivity index (χ3v) is 4.46. The van der Waals surface area contributed by atoms with Crippen LogP contribution in [0.5, 0.6) is 5.75 Å². The van der Waals surface area contributed by atoms with E-state index in [-0.39, 0.29) is 17.2 Å². The van der Waals surface area contributed by atoms with Gasteiger partial charge in [0.2, 0.25) is 5.91 Å². The Labute approximate surface area is 141 Å². The number of para-hydroxylation sites is 1. The minimum absolute atomic E-state index is 0.000937. The average molecular weight is 339 g/mol. The van der Waals surface area contributed by atoms with Crippen molar-refractivity contribution in [1.29, 1.82) is 0 Å². The standard InChI is InChI=1S/C17H25NO4S/c1-17(2,3)23-11-15(19)18-10-13(16(20)21)9-12-7-5-6-8-14(12)22-4/h5-8,13H,9-11H2,1-4H3,(H,18,19)(H,20,21). The summed E-state index contributed by atoms with van der Waals surface area (Å²) < 4.78 is 5.24. The molecule has 1 rings (SSSR count). The highest BCUT2D eigenvalue weighted by Gasteiger charge is 2.21. The molecule has 1 unspecified atom stereocenters. The number of amides is 1. The summed E-state index contributed by atoms with van der Waals surface area (Å²) in [6, 6.07) is 7.32. The summed E-state index contributed by atoms with van der Waals surface area (Å²) in [7, 11) is 1.56. The third-order valence-electron chi connectivity index (χ3n) is 3.19. The summed E-state index contributed by atoms with van der Waals surface area (Å²) >= 11 is 1.53. The van der Waals surface area contributed by atoms with Gasteiger partial charge in [0.15, 0.2) is 0 Å². The molecule has 0 bridgehead atoms. The molecule has 0 radical (unpaired) electrons. The quantitative estimate of drug-likeness (QED) is 0.761. The molecule has 1 aromatic carbocycles. The van der Waals surface area contributed by atoms with Crippen LogP contribution in [0.15, 0.2) is 24.3 Å². The summed E-state index contributed by atoms with van der Waals surface area (Å²) in [4.78, 5) is 23.3. The SMILES string of the molecule is COc1ccccc1CC(CNC(=O)CSC(C)(C)C)C(=O)O. The highest BCUT2D eigenvalue weighted by atomic mass is 32.2. The van der Waals surface area contributed by atoms with E-state index in [0.29, 0.717) is 17.9 Å². The van der Waals surface area contributed by atoms with Crippen molar-refractivity contribution in [3.8, 4) is 5.75 Å². The van der Waals surface area contributed by atoms with Gasteiger partial charge >= 0.3 is 5.97 Å². The van der Waals surface area contributed by atoms with Crippen LogP contribution < -0.4 is 10.1 Å². The van der Waals surface area contributed by atoms with Gasteiger partial charge in [-0.1, -0.05) is 39.0 Å². The lowest BCUT2D eigenvalue weighted by Gasteiger charge is -2.18. The number of carbonyl (C=O) groups is 2. The van der Waals surface area contributed by atoms with Crippen LogP contribution in [0, 0.1) is 5.92 Å². The van der Waals surface area contributed by atoms with E-state index in [4.69, 9.17) is 4.74 Å². The predicted molar refractivity (Wildman–Crippen MR) is 93.0 cm³/mol. The molecule has 128 valence electrons. The maximum Gasteiger partial charge on any atom is 0.308 e. The molecule has 0 spiro atoms. The molecule has 0 saturated heterocycles. The van der Waals surface area contributed by atoms with Gasteiger partial charge in [0.25, 0.3) is 0 Å². The number of ether oxygens (including phenoxy) is 1. The largest absolute Gasteiger partial charge is 0.496 e. The molecular weight excluding hydrogens is 314 g/mol. The van der Waals surface area contributed by atoms with Crippen LogP contribution in [0.2, 0.25) is 0 Å². The molecule has 0 aliphatic carbocycles. The fourth-order valence-electron chi connectivity index (χ4n) is 1.95. The Morgan fingerprint density at radius 1 is 1.30 bits per heavy atom. The summed E-state index contributed by atoms with van der Waals surface area (Å²) in [6.07, 6.45) is 0.312. The van der Waals surface area contributed by atoms with Gasteiger partial charge in [-0.25, -0.2) is 0 Å². The van der Waals surface area contributed by atoms with Crippen LogP contribution in [0.25, 0.3) is 0 Å². The normalized spacial score (nSPS) is 12.5. The number of carboxylic acid groups (broad SMARTS) is 1. The molecule has 0 aliphatic heterocycles. The minimum Gasteiger partial charge on any atom is -0.496 e. The number of hydrogen-bond acceptors (Lipinski definition) is 4. The van der Waals surface area contributed by atoms with Gasteiger partial charge in [-0.15, -0.1) is 11.8 Å². The second-order valence-corrected chi connectivity index (χ2v) is 8.06. The van der Waals surface area contributed by atoms with Crippen molar-refractivity contribution in [3.05, 3.63) is 29.8 Å². The number of benzene rings is 1. The summed E-state index contributed by atoms with van der Waals surface area (Å²) in [6.45, 7) is 6.21. The van der Waals surface area contributed by atoms with Gasteiger partial charge in [0, 0.05) is 11.3 Å². The monoisotopic (exact) mass is 339 g/mol. The van der Waals surface area contributed by atoms with Gasteiger partial charge in [-0.3, -0.25) is 9.59 Å². The second-order valence-electron chi connectivity index (χ2n) is 6.26. The van der Waals surface area contributed by atoms with Crippen molar-refractivity contribution < 1.29 is 19.4 Å². The number of carbonyl (C=O) groups excluding carboxylic acids is 1. The maximum atomic E-state index is 11.8. The Hall–Kier alpha value is -1.69. The van der Waals surface area contributed by atoms with E-state index < -0.39 is 11.9 Å². The van der Waals surface area contributed by atoms with E-state index in [9.17, 15) is 14.7 Å². The van der Waals surface area contributed by atoms with Crippen molar-refractivity contribution in [2.24, 2.45) is 5.92 Å². The first kappa shape index (κ1) is 19.4. The number of carboxylic acids is 1. The highest BCUT2D eigenvalue weighted by Crippen LogP contribution is 2.23. The first-order valence-corrected chi connectivity index (χ1v) is 8.47. The zero-order valence-corrected chi connectivity index (χ0v) is 14.9. The average Bonchev–Trinajstić information content (AvgIpc) is 2.48. The van der Waals surface area contributed by atoms with E-state index in [1.54, 1.807) is 13.2 Å². The van der Waals surface area contributed by atoms with E-state index in [1.165, 1.54) is 11.8 Å². The Kier molecular flexibility index (Phi) is 7.42. The first-order chi connectivity index (χ1) is 10.7. The van der Waals surface area contributed by atoms with Gasteiger partial charge in [0.05, 0.1) is 18.8 Å². The summed E-state index contributed by atoms with van der Waals surface area (Å²) in [5, 5.41) is 12.1. The lowest BCUT2D eigenvalue weighted by Crippen LogP contribution is -2.35. The van der Waals surface area contributed by atoms with Gasteiger partial charge in [-0.2, -0.15) is 0 Å². The van der Waals surface area contributed by atoms with Crippen molar-refractivity contribution in [2.75, 3.05) is 19.4 Å². The van der Waals surface area contributed by atoms with Gasteiger partial charge < -0.3 is 15.2 Å². The van der Waals surface area contributed by atoms with Crippen molar-refractivity contribution in [1.82, 2.24) is 5.32 Å². The molecule has 6 heteroatoms. The fraction of sp³-hybridized carbons (Fsp3) is 0.529. The second kappa shape index (κ2) is 8.82. The van der Waals surface area contributed by atoms with Crippen LogP contribution in [-0.4, -0.2) is 41.1 Å². The lowest BCUT2D eigenvalue weighted by molar-refractivity contribution is -0.141. The highest BCUT2D eigenvalue weighted by molar-refractivity contribution is 8.01. The van der Waals surface area contributed by atoms with E-state index >= 15 is 0 Å². The molecule has 2 N–H and O–H groups in total. The molecule has 0 aromatic heterocycles. The van der Waals surface area contributed by atoms with Gasteiger partial charge in [0.1, 0.15) is 5.75 Å². The number of nitrogens with one attached hydrogen (secondary N) is 1. The number of rotatable bonds is 8. The van der Waals surface area contributed by atoms with Crippen LogP contribution in [0.4, 0.5) is 0 Å². The van der Waals surface area contributed by atoms with Crippen LogP contribution in [-0.2, 0) is 16.0 Å². The zero-order valence-electron chi connectivity index (χ0n) is 14.1. The maximum absolute atomic E-state index is 11.8. The summed E-state index contributed by atoms with van der Waals surface area (Å²) in [5.41, 5.74) is 0.820. The minimum atomic E-state index is -0.931. The molecule has 1 amide bonds. The molecule has 1 aromatic rings. The first-order valence-electron chi connectivity index (χ1n) is 7.48. The third kappa shape index (κ3) is 7.41. The Balaban J connectivity index is 2.59. The number of aliphatic carboxylic acids is 1. The van der Waals surface area contributed by atoms with Crippen LogP contribution in [0.1, 0.15) is 26.3 Å². The molecular formula is C17H25NO4S. The topological polar surface area (TPSA) is 75.6 Å². The smallest absolute Gasteiger partial charge is 0.308 e. The fourth-order valence-corrected chi connectivity index (χ4v) is 2.62. The van der Waals surface area contributed by atoms with Gasteiger partial charge in [-0.05, 0) is 18.1 Å². The van der Waals surface area contributed by atoms with E-state index in [0.717, 1.165) is 5.56 Å². The number of hydrogen-bond donors (Lipinski definition) is 2. The summed E-state index contributed by atoms with van der Waals surface area (Å²) in [5.74, 6) is -0.774. The molecule has 0 heterocycles. The van der Waals surface area contributed by atoms with E-state index in [1.807, 2.05) is 39.0 Å². The zero-order chi connectivity index (χ0) is 17.5. The Morgan fingerprint density at radius 3 is 2.52 bits per heavy atom. The van der Waals surface area contributed by atoms with Crippen molar-refractivity contribution >= 4 is 23.6 Å². The van der Waals surface area contributed by atoms with Crippen molar-refractivity contribution in [3.63, 3.8) is 0 Å². The Morgan fingerprint density at radius 2 is 1.96 bits per heavy atom. The number of methoxy groups -OCH3 is 1. The Bertz CT molecular complexity index is 540. The molecule has 1 atom stereocenters. The lowest BCUT2D eigenvalue weighted by atomic mass is 9.98. The predicted octanol–water partition coefficient (Wildman–Crippen LogP) is 2.59. The van der Waals surface area contributed by atoms with Crippen LogP contribution >= 0.6 is 11.8 Å². The van der Waals surface area contributed by atoms with E-state index in [2.05, 4.69) is 5.32 Å². The molecule has 0 fully saturated rings.